The van der Waals surface area contributed by atoms with Crippen molar-refractivity contribution in [1.82, 2.24) is 15.6 Å². The number of aromatic nitrogens is 1. The van der Waals surface area contributed by atoms with Crippen LogP contribution < -0.4 is 10.6 Å². The van der Waals surface area contributed by atoms with Crippen LogP contribution in [0.5, 0.6) is 0 Å². The molecule has 1 atom stereocenters. The van der Waals surface area contributed by atoms with Crippen LogP contribution in [0, 0.1) is 12.8 Å². The van der Waals surface area contributed by atoms with Crippen LogP contribution in [0.2, 0.25) is 0 Å². The molecule has 2 N–H and O–H groups in total. The number of aryl methyl sites for hydroxylation is 1. The fraction of sp³-hybridized carbons (Fsp3) is 0.500. The average molecular weight is 219 g/mol. The predicted octanol–water partition coefficient (Wildman–Crippen LogP) is 0.729. The van der Waals surface area contributed by atoms with E-state index < -0.39 is 0 Å². The number of amides is 1. The van der Waals surface area contributed by atoms with Crippen molar-refractivity contribution in [3.8, 4) is 0 Å². The summed E-state index contributed by atoms with van der Waals surface area (Å²) in [6, 6.07) is 3.60. The summed E-state index contributed by atoms with van der Waals surface area (Å²) in [5.74, 6) is 0.554. The summed E-state index contributed by atoms with van der Waals surface area (Å²) in [5, 5.41) is 6.25. The van der Waals surface area contributed by atoms with E-state index in [0.29, 0.717) is 11.5 Å². The van der Waals surface area contributed by atoms with E-state index in [0.717, 1.165) is 31.7 Å². The molecule has 1 aromatic rings. The average Bonchev–Trinajstić information content (AvgIpc) is 2.79. The first-order valence-electron chi connectivity index (χ1n) is 5.68. The topological polar surface area (TPSA) is 54.0 Å². The third-order valence-electron chi connectivity index (χ3n) is 2.97. The van der Waals surface area contributed by atoms with Gasteiger partial charge in [-0.1, -0.05) is 0 Å². The van der Waals surface area contributed by atoms with E-state index in [1.165, 1.54) is 0 Å². The van der Waals surface area contributed by atoms with E-state index in [9.17, 15) is 4.79 Å². The van der Waals surface area contributed by atoms with Crippen LogP contribution in [0.4, 0.5) is 0 Å². The largest absolute Gasteiger partial charge is 0.352 e. The Morgan fingerprint density at radius 3 is 3.25 bits per heavy atom. The molecule has 1 aliphatic rings. The fourth-order valence-corrected chi connectivity index (χ4v) is 1.95. The number of carbonyl (C=O) groups excluding carboxylic acids is 1. The summed E-state index contributed by atoms with van der Waals surface area (Å²) in [4.78, 5) is 16.0. The third kappa shape index (κ3) is 2.58. The molecule has 2 rings (SSSR count). The molecule has 4 heteroatoms. The lowest BCUT2D eigenvalue weighted by Crippen LogP contribution is -2.30. The molecule has 86 valence electrons. The number of nitrogens with one attached hydrogen (secondary N) is 2. The SMILES string of the molecule is Cc1ncccc1C(=O)NCC1CCNC1. The Balaban J connectivity index is 1.90. The number of hydrogen-bond donors (Lipinski definition) is 2. The Labute approximate surface area is 95.5 Å². The summed E-state index contributed by atoms with van der Waals surface area (Å²) in [5.41, 5.74) is 1.46. The van der Waals surface area contributed by atoms with Crippen molar-refractivity contribution in [2.75, 3.05) is 19.6 Å². The molecule has 0 aromatic carbocycles. The zero-order chi connectivity index (χ0) is 11.4. The second-order valence-electron chi connectivity index (χ2n) is 4.21. The Bertz CT molecular complexity index is 372. The highest BCUT2D eigenvalue weighted by Gasteiger charge is 2.16. The summed E-state index contributed by atoms with van der Waals surface area (Å²) in [7, 11) is 0. The molecule has 4 nitrogen and oxygen atoms in total. The lowest BCUT2D eigenvalue weighted by Gasteiger charge is -2.10. The number of rotatable bonds is 3. The maximum absolute atomic E-state index is 11.9. The van der Waals surface area contributed by atoms with Crippen molar-refractivity contribution in [3.63, 3.8) is 0 Å². The first-order valence-corrected chi connectivity index (χ1v) is 5.68. The molecular weight excluding hydrogens is 202 g/mol. The molecule has 16 heavy (non-hydrogen) atoms. The lowest BCUT2D eigenvalue weighted by molar-refractivity contribution is 0.0947. The van der Waals surface area contributed by atoms with Crippen LogP contribution in [-0.2, 0) is 0 Å². The van der Waals surface area contributed by atoms with Gasteiger partial charge in [-0.2, -0.15) is 0 Å². The van der Waals surface area contributed by atoms with Gasteiger partial charge >= 0.3 is 0 Å². The summed E-state index contributed by atoms with van der Waals surface area (Å²) >= 11 is 0. The smallest absolute Gasteiger partial charge is 0.253 e. The minimum Gasteiger partial charge on any atom is -0.352 e. The fourth-order valence-electron chi connectivity index (χ4n) is 1.95. The Kier molecular flexibility index (Phi) is 3.51. The zero-order valence-corrected chi connectivity index (χ0v) is 9.49. The first-order chi connectivity index (χ1) is 7.77. The van der Waals surface area contributed by atoms with Gasteiger partial charge in [-0.15, -0.1) is 0 Å². The van der Waals surface area contributed by atoms with Crippen molar-refractivity contribution in [2.24, 2.45) is 5.92 Å². The molecule has 1 aromatic heterocycles. The van der Waals surface area contributed by atoms with E-state index in [-0.39, 0.29) is 5.91 Å². The van der Waals surface area contributed by atoms with Crippen LogP contribution >= 0.6 is 0 Å². The van der Waals surface area contributed by atoms with E-state index >= 15 is 0 Å². The van der Waals surface area contributed by atoms with Gasteiger partial charge in [-0.05, 0) is 44.5 Å². The van der Waals surface area contributed by atoms with Crippen molar-refractivity contribution in [3.05, 3.63) is 29.6 Å². The predicted molar refractivity (Wildman–Crippen MR) is 62.3 cm³/mol. The number of pyridine rings is 1. The molecule has 0 saturated carbocycles. The molecule has 1 aliphatic heterocycles. The van der Waals surface area contributed by atoms with Crippen molar-refractivity contribution < 1.29 is 4.79 Å². The van der Waals surface area contributed by atoms with E-state index in [1.54, 1.807) is 12.3 Å². The van der Waals surface area contributed by atoms with E-state index in [2.05, 4.69) is 15.6 Å². The monoisotopic (exact) mass is 219 g/mol. The normalized spacial score (nSPS) is 19.7. The zero-order valence-electron chi connectivity index (χ0n) is 9.49. The minimum absolute atomic E-state index is 0.0162. The summed E-state index contributed by atoms with van der Waals surface area (Å²) in [6.45, 7) is 4.67. The quantitative estimate of drug-likeness (QED) is 0.788. The van der Waals surface area contributed by atoms with Crippen LogP contribution in [0.1, 0.15) is 22.5 Å². The molecule has 1 saturated heterocycles. The highest BCUT2D eigenvalue weighted by molar-refractivity contribution is 5.95. The Morgan fingerprint density at radius 1 is 1.69 bits per heavy atom. The first kappa shape index (κ1) is 11.1. The van der Waals surface area contributed by atoms with Crippen LogP contribution in [0.15, 0.2) is 18.3 Å². The van der Waals surface area contributed by atoms with Gasteiger partial charge in [0.05, 0.1) is 5.56 Å². The molecule has 1 fully saturated rings. The second kappa shape index (κ2) is 5.07. The molecule has 1 unspecified atom stereocenters. The Morgan fingerprint density at radius 2 is 2.56 bits per heavy atom. The van der Waals surface area contributed by atoms with Crippen LogP contribution in [0.3, 0.4) is 0 Å². The van der Waals surface area contributed by atoms with Crippen LogP contribution in [-0.4, -0.2) is 30.5 Å². The van der Waals surface area contributed by atoms with E-state index in [4.69, 9.17) is 0 Å². The lowest BCUT2D eigenvalue weighted by atomic mass is 10.1. The highest BCUT2D eigenvalue weighted by atomic mass is 16.1. The number of nitrogens with zero attached hydrogens (tertiary/aromatic N) is 1. The number of carbonyl (C=O) groups is 1. The van der Waals surface area contributed by atoms with Crippen molar-refractivity contribution in [1.29, 1.82) is 0 Å². The molecule has 0 bridgehead atoms. The summed E-state index contributed by atoms with van der Waals surface area (Å²) in [6.07, 6.45) is 2.85. The van der Waals surface area contributed by atoms with Gasteiger partial charge in [0.1, 0.15) is 0 Å². The van der Waals surface area contributed by atoms with Crippen molar-refractivity contribution >= 4 is 5.91 Å². The van der Waals surface area contributed by atoms with Gasteiger partial charge in [-0.25, -0.2) is 0 Å². The second-order valence-corrected chi connectivity index (χ2v) is 4.21. The number of hydrogen-bond acceptors (Lipinski definition) is 3. The molecule has 0 radical (unpaired) electrons. The minimum atomic E-state index is -0.0162. The third-order valence-corrected chi connectivity index (χ3v) is 2.97. The standard InChI is InChI=1S/C12H17N3O/c1-9-11(3-2-5-14-9)12(16)15-8-10-4-6-13-7-10/h2-3,5,10,13H,4,6-8H2,1H3,(H,15,16). The van der Waals surface area contributed by atoms with Gasteiger partial charge in [0, 0.05) is 18.4 Å². The van der Waals surface area contributed by atoms with Gasteiger partial charge in [-0.3, -0.25) is 9.78 Å². The van der Waals surface area contributed by atoms with E-state index in [1.807, 2.05) is 13.0 Å². The maximum Gasteiger partial charge on any atom is 0.253 e. The van der Waals surface area contributed by atoms with Gasteiger partial charge in [0.25, 0.3) is 5.91 Å². The van der Waals surface area contributed by atoms with Gasteiger partial charge < -0.3 is 10.6 Å². The van der Waals surface area contributed by atoms with Gasteiger partial charge in [0.2, 0.25) is 0 Å². The molecule has 1 amide bonds. The van der Waals surface area contributed by atoms with Crippen molar-refractivity contribution in [2.45, 2.75) is 13.3 Å². The highest BCUT2D eigenvalue weighted by Crippen LogP contribution is 2.07. The Hall–Kier alpha value is -1.42. The summed E-state index contributed by atoms with van der Waals surface area (Å²) < 4.78 is 0. The van der Waals surface area contributed by atoms with Gasteiger partial charge in [0.15, 0.2) is 0 Å². The molecule has 2 heterocycles. The molecule has 0 aliphatic carbocycles. The maximum atomic E-state index is 11.9. The van der Waals surface area contributed by atoms with Crippen LogP contribution in [0.25, 0.3) is 0 Å². The molecular formula is C12H17N3O. The molecule has 0 spiro atoms.